The lowest BCUT2D eigenvalue weighted by Crippen LogP contribution is -2.37. The highest BCUT2D eigenvalue weighted by molar-refractivity contribution is 5.41. The van der Waals surface area contributed by atoms with Gasteiger partial charge in [0, 0.05) is 12.0 Å². The maximum absolute atomic E-state index is 12.3. The van der Waals surface area contributed by atoms with Crippen molar-refractivity contribution in [2.24, 2.45) is 0 Å². The third kappa shape index (κ3) is 2.82. The molecule has 0 aromatic carbocycles. The van der Waals surface area contributed by atoms with E-state index in [2.05, 4.69) is 26.7 Å². The van der Waals surface area contributed by atoms with Gasteiger partial charge < -0.3 is 10.1 Å². The molecule has 1 saturated carbocycles. The first-order valence-corrected chi connectivity index (χ1v) is 9.07. The summed E-state index contributed by atoms with van der Waals surface area (Å²) >= 11 is 0. The van der Waals surface area contributed by atoms with Crippen molar-refractivity contribution in [3.8, 4) is 0 Å². The fourth-order valence-corrected chi connectivity index (χ4v) is 3.79. The molecule has 0 bridgehead atoms. The zero-order chi connectivity index (χ0) is 16.8. The second kappa shape index (κ2) is 5.91. The van der Waals surface area contributed by atoms with E-state index in [4.69, 9.17) is 4.74 Å². The van der Waals surface area contributed by atoms with Gasteiger partial charge in [-0.05, 0) is 49.8 Å². The molecule has 7 nitrogen and oxygen atoms in total. The molecule has 1 saturated heterocycles. The Morgan fingerprint density at radius 3 is 2.96 bits per heavy atom. The number of fused-ring (bicyclic) bond motifs is 1. The predicted molar refractivity (Wildman–Crippen MR) is 91.8 cm³/mol. The summed E-state index contributed by atoms with van der Waals surface area (Å²) in [6.07, 6.45) is 5.56. The number of rotatable bonds is 4. The van der Waals surface area contributed by atoms with Gasteiger partial charge in [0.2, 0.25) is 0 Å². The molecule has 0 amide bonds. The molecule has 25 heavy (non-hydrogen) atoms. The minimum Gasteiger partial charge on any atom is -0.377 e. The van der Waals surface area contributed by atoms with E-state index in [9.17, 15) is 4.79 Å². The molecule has 2 aromatic heterocycles. The lowest BCUT2D eigenvalue weighted by atomic mass is 10.1. The molecule has 0 spiro atoms. The van der Waals surface area contributed by atoms with Crippen LogP contribution in [0.2, 0.25) is 0 Å². The summed E-state index contributed by atoms with van der Waals surface area (Å²) in [5.41, 5.74) is 3.33. The van der Waals surface area contributed by atoms with Crippen LogP contribution >= 0.6 is 0 Å². The van der Waals surface area contributed by atoms with Crippen molar-refractivity contribution >= 4 is 5.82 Å². The minimum absolute atomic E-state index is 0.0339. The summed E-state index contributed by atoms with van der Waals surface area (Å²) < 4.78 is 7.25. The largest absolute Gasteiger partial charge is 0.377 e. The molecule has 2 atom stereocenters. The standard InChI is InChI=1S/C18H21N5O2/c24-18-7-6-14(11-4-5-11)22-23(18)16-10-25-9-15(16)19-17-8-12-2-1-3-13(12)20-21-17/h6-8,11,15-16H,1-5,9-10H2,(H,19,21). The van der Waals surface area contributed by atoms with Gasteiger partial charge in [-0.1, -0.05) is 0 Å². The summed E-state index contributed by atoms with van der Waals surface area (Å²) in [4.78, 5) is 12.3. The van der Waals surface area contributed by atoms with Crippen molar-refractivity contribution < 1.29 is 4.74 Å². The number of hydrogen-bond acceptors (Lipinski definition) is 6. The van der Waals surface area contributed by atoms with Crippen molar-refractivity contribution in [1.82, 2.24) is 20.0 Å². The van der Waals surface area contributed by atoms with E-state index in [1.54, 1.807) is 10.7 Å². The van der Waals surface area contributed by atoms with Crippen LogP contribution in [0.1, 0.15) is 48.2 Å². The Kier molecular flexibility index (Phi) is 3.55. The monoisotopic (exact) mass is 339 g/mol. The predicted octanol–water partition coefficient (Wildman–Crippen LogP) is 1.45. The molecular formula is C18H21N5O2. The second-order valence-electron chi connectivity index (χ2n) is 7.23. The summed E-state index contributed by atoms with van der Waals surface area (Å²) in [5.74, 6) is 1.27. The van der Waals surface area contributed by atoms with Gasteiger partial charge in [-0.2, -0.15) is 10.2 Å². The number of anilines is 1. The molecule has 130 valence electrons. The van der Waals surface area contributed by atoms with Crippen LogP contribution in [0, 0.1) is 0 Å². The molecule has 0 radical (unpaired) electrons. The lowest BCUT2D eigenvalue weighted by molar-refractivity contribution is 0.182. The zero-order valence-corrected chi connectivity index (χ0v) is 14.0. The molecular weight excluding hydrogens is 318 g/mol. The quantitative estimate of drug-likeness (QED) is 0.908. The molecule has 3 heterocycles. The average molecular weight is 339 g/mol. The van der Waals surface area contributed by atoms with Crippen LogP contribution in [-0.2, 0) is 17.6 Å². The van der Waals surface area contributed by atoms with Crippen molar-refractivity contribution in [2.75, 3.05) is 18.5 Å². The first-order valence-electron chi connectivity index (χ1n) is 9.07. The number of ether oxygens (including phenoxy) is 1. The number of aryl methyl sites for hydroxylation is 2. The molecule has 1 N–H and O–H groups in total. The Bertz CT molecular complexity index is 861. The molecule has 2 aliphatic carbocycles. The highest BCUT2D eigenvalue weighted by Gasteiger charge is 2.33. The van der Waals surface area contributed by atoms with Crippen molar-refractivity contribution in [2.45, 2.75) is 50.1 Å². The Morgan fingerprint density at radius 1 is 1.16 bits per heavy atom. The third-order valence-corrected chi connectivity index (χ3v) is 5.36. The Morgan fingerprint density at radius 2 is 2.08 bits per heavy atom. The molecule has 7 heteroatoms. The molecule has 2 unspecified atom stereocenters. The molecule has 1 aliphatic heterocycles. The Labute approximate surface area is 145 Å². The first-order chi connectivity index (χ1) is 12.3. The van der Waals surface area contributed by atoms with Gasteiger partial charge in [-0.3, -0.25) is 4.79 Å². The number of hydrogen-bond donors (Lipinski definition) is 1. The van der Waals surface area contributed by atoms with Crippen LogP contribution in [0.4, 0.5) is 5.82 Å². The van der Waals surface area contributed by atoms with E-state index in [-0.39, 0.29) is 17.6 Å². The van der Waals surface area contributed by atoms with E-state index >= 15 is 0 Å². The first kappa shape index (κ1) is 15.0. The summed E-state index contributed by atoms with van der Waals surface area (Å²) in [7, 11) is 0. The number of nitrogens with zero attached hydrogens (tertiary/aromatic N) is 4. The molecule has 2 fully saturated rings. The van der Waals surface area contributed by atoms with Crippen LogP contribution < -0.4 is 10.9 Å². The second-order valence-corrected chi connectivity index (χ2v) is 7.23. The smallest absolute Gasteiger partial charge is 0.267 e. The zero-order valence-electron chi connectivity index (χ0n) is 14.0. The summed E-state index contributed by atoms with van der Waals surface area (Å²) in [6.45, 7) is 1.02. The van der Waals surface area contributed by atoms with Crippen LogP contribution in [-0.4, -0.2) is 39.2 Å². The van der Waals surface area contributed by atoms with E-state index < -0.39 is 0 Å². The third-order valence-electron chi connectivity index (χ3n) is 5.36. The fraction of sp³-hybridized carbons (Fsp3) is 0.556. The van der Waals surface area contributed by atoms with Gasteiger partial charge in [-0.25, -0.2) is 4.68 Å². The van der Waals surface area contributed by atoms with Crippen molar-refractivity contribution in [3.63, 3.8) is 0 Å². The van der Waals surface area contributed by atoms with Gasteiger partial charge in [-0.15, -0.1) is 5.10 Å². The van der Waals surface area contributed by atoms with Crippen molar-refractivity contribution in [1.29, 1.82) is 0 Å². The van der Waals surface area contributed by atoms with E-state index in [0.717, 1.165) is 36.5 Å². The van der Waals surface area contributed by atoms with E-state index in [0.29, 0.717) is 19.1 Å². The highest BCUT2D eigenvalue weighted by atomic mass is 16.5. The van der Waals surface area contributed by atoms with Gasteiger partial charge in [0.15, 0.2) is 0 Å². The Balaban J connectivity index is 1.40. The number of aromatic nitrogens is 4. The summed E-state index contributed by atoms with van der Waals surface area (Å²) in [5, 5.41) is 16.6. The number of nitrogens with one attached hydrogen (secondary N) is 1. The van der Waals surface area contributed by atoms with Crippen molar-refractivity contribution in [3.05, 3.63) is 45.5 Å². The SMILES string of the molecule is O=c1ccc(C2CC2)nn1C1COCC1Nc1cc2c(nn1)CCC2. The van der Waals surface area contributed by atoms with Gasteiger partial charge in [0.25, 0.3) is 5.56 Å². The lowest BCUT2D eigenvalue weighted by Gasteiger charge is -2.21. The topological polar surface area (TPSA) is 81.9 Å². The van der Waals surface area contributed by atoms with Crippen LogP contribution in [0.5, 0.6) is 0 Å². The average Bonchev–Trinajstić information content (AvgIpc) is 3.19. The van der Waals surface area contributed by atoms with Gasteiger partial charge in [0.1, 0.15) is 11.9 Å². The normalized spacial score (nSPS) is 25.1. The molecule has 2 aromatic rings. The van der Waals surface area contributed by atoms with Crippen LogP contribution in [0.3, 0.4) is 0 Å². The summed E-state index contributed by atoms with van der Waals surface area (Å²) in [6, 6.07) is 5.42. The van der Waals surface area contributed by atoms with E-state index in [1.165, 1.54) is 18.4 Å². The van der Waals surface area contributed by atoms with Crippen LogP contribution in [0.15, 0.2) is 23.0 Å². The minimum atomic E-state index is -0.124. The maximum Gasteiger partial charge on any atom is 0.267 e. The Hall–Kier alpha value is -2.28. The molecule has 3 aliphatic rings. The van der Waals surface area contributed by atoms with Gasteiger partial charge >= 0.3 is 0 Å². The fourth-order valence-electron chi connectivity index (χ4n) is 3.79. The van der Waals surface area contributed by atoms with E-state index in [1.807, 2.05) is 6.07 Å². The highest BCUT2D eigenvalue weighted by Crippen LogP contribution is 2.38. The van der Waals surface area contributed by atoms with Crippen LogP contribution in [0.25, 0.3) is 0 Å². The van der Waals surface area contributed by atoms with Gasteiger partial charge in [0.05, 0.1) is 30.6 Å². The molecule has 5 rings (SSSR count). The maximum atomic E-state index is 12.3.